The van der Waals surface area contributed by atoms with Crippen LogP contribution in [0.2, 0.25) is 0 Å². The summed E-state index contributed by atoms with van der Waals surface area (Å²) in [6, 6.07) is 12.6. The van der Waals surface area contributed by atoms with Gasteiger partial charge in [-0.3, -0.25) is 4.57 Å². The maximum absolute atomic E-state index is 13.7. The molecule has 36 heavy (non-hydrogen) atoms. The van der Waals surface area contributed by atoms with Gasteiger partial charge in [-0.05, 0) is 57.2 Å². The van der Waals surface area contributed by atoms with Crippen LogP contribution < -0.4 is 0 Å². The van der Waals surface area contributed by atoms with E-state index in [-0.39, 0.29) is 5.56 Å². The van der Waals surface area contributed by atoms with Crippen molar-refractivity contribution in [2.75, 3.05) is 7.11 Å². The minimum atomic E-state index is -0.644. The zero-order chi connectivity index (χ0) is 25.6. The Labute approximate surface area is 205 Å². The molecule has 0 atom stereocenters. The predicted molar refractivity (Wildman–Crippen MR) is 131 cm³/mol. The molecule has 2 aromatic carbocycles. The van der Waals surface area contributed by atoms with Crippen LogP contribution in [0.1, 0.15) is 31.1 Å². The van der Waals surface area contributed by atoms with Crippen LogP contribution in [0.5, 0.6) is 0 Å². The average molecular weight is 487 g/mol. The summed E-state index contributed by atoms with van der Waals surface area (Å²) in [5.74, 6) is -0.998. The van der Waals surface area contributed by atoms with E-state index in [1.54, 1.807) is 69.6 Å². The van der Waals surface area contributed by atoms with Crippen molar-refractivity contribution >= 4 is 34.0 Å². The molecule has 0 spiro atoms. The monoisotopic (exact) mass is 487 g/mol. The van der Waals surface area contributed by atoms with Gasteiger partial charge in [-0.15, -0.1) is 10.2 Å². The largest absolute Gasteiger partial charge is 0.465 e. The molecule has 0 aliphatic heterocycles. The van der Waals surface area contributed by atoms with Gasteiger partial charge in [-0.2, -0.15) is 4.80 Å². The van der Waals surface area contributed by atoms with Crippen LogP contribution in [-0.4, -0.2) is 49.3 Å². The van der Waals surface area contributed by atoms with E-state index in [1.165, 1.54) is 28.6 Å². The van der Waals surface area contributed by atoms with E-state index in [0.29, 0.717) is 38.9 Å². The van der Waals surface area contributed by atoms with Crippen LogP contribution in [0, 0.1) is 5.82 Å². The molecule has 0 unspecified atom stereocenters. The first kappa shape index (κ1) is 23.2. The van der Waals surface area contributed by atoms with Gasteiger partial charge in [-0.25, -0.2) is 19.0 Å². The highest BCUT2D eigenvalue weighted by molar-refractivity contribution is 6.14. The number of carbonyl (C=O) groups excluding carboxylic acids is 2. The SMILES string of the molecule is COC(=O)c1cc(-c2ccn(C(=O)OC(C)(C)C)c2)nc2ccc3nn(-c4cccc(F)c4)nc3c12. The fraction of sp³-hybridized carbons (Fsp3) is 0.192. The normalized spacial score (nSPS) is 11.7. The molecular formula is C26H22FN5O4. The molecule has 5 aromatic rings. The topological polar surface area (TPSA) is 101 Å². The summed E-state index contributed by atoms with van der Waals surface area (Å²) in [6.07, 6.45) is 2.63. The molecule has 9 nitrogen and oxygen atoms in total. The van der Waals surface area contributed by atoms with Gasteiger partial charge in [0, 0.05) is 29.4 Å². The summed E-state index contributed by atoms with van der Waals surface area (Å²) in [7, 11) is 1.29. The Hall–Kier alpha value is -4.60. The third-order valence-electron chi connectivity index (χ3n) is 5.36. The third-order valence-corrected chi connectivity index (χ3v) is 5.36. The summed E-state index contributed by atoms with van der Waals surface area (Å²) >= 11 is 0. The van der Waals surface area contributed by atoms with Gasteiger partial charge >= 0.3 is 12.1 Å². The number of rotatable bonds is 3. The van der Waals surface area contributed by atoms with E-state index >= 15 is 0 Å². The van der Waals surface area contributed by atoms with Crippen molar-refractivity contribution < 1.29 is 23.5 Å². The van der Waals surface area contributed by atoms with E-state index < -0.39 is 23.5 Å². The number of carbonyl (C=O) groups is 2. The first-order chi connectivity index (χ1) is 17.1. The van der Waals surface area contributed by atoms with Crippen LogP contribution >= 0.6 is 0 Å². The molecule has 3 heterocycles. The molecule has 182 valence electrons. The smallest absolute Gasteiger partial charge is 0.418 e. The number of ether oxygens (including phenoxy) is 2. The van der Waals surface area contributed by atoms with Crippen LogP contribution in [0.15, 0.2) is 60.9 Å². The molecule has 0 saturated carbocycles. The van der Waals surface area contributed by atoms with Gasteiger partial charge in [0.05, 0.1) is 29.6 Å². The van der Waals surface area contributed by atoms with Crippen molar-refractivity contribution in [3.8, 4) is 16.9 Å². The minimum Gasteiger partial charge on any atom is -0.465 e. The van der Waals surface area contributed by atoms with Crippen LogP contribution in [-0.2, 0) is 9.47 Å². The van der Waals surface area contributed by atoms with E-state index in [4.69, 9.17) is 14.5 Å². The third kappa shape index (κ3) is 4.28. The number of aromatic nitrogens is 5. The summed E-state index contributed by atoms with van der Waals surface area (Å²) in [4.78, 5) is 31.3. The van der Waals surface area contributed by atoms with Crippen LogP contribution in [0.25, 0.3) is 38.9 Å². The number of nitrogens with zero attached hydrogens (tertiary/aromatic N) is 5. The fourth-order valence-corrected chi connectivity index (χ4v) is 3.81. The van der Waals surface area contributed by atoms with Gasteiger partial charge in [-0.1, -0.05) is 6.07 Å². The molecule has 0 saturated heterocycles. The molecular weight excluding hydrogens is 465 g/mol. The van der Waals surface area contributed by atoms with Gasteiger partial charge in [0.2, 0.25) is 0 Å². The van der Waals surface area contributed by atoms with Crippen molar-refractivity contribution in [2.24, 2.45) is 0 Å². The lowest BCUT2D eigenvalue weighted by molar-refractivity contribution is 0.0536. The maximum atomic E-state index is 13.7. The zero-order valence-electron chi connectivity index (χ0n) is 20.0. The molecule has 10 heteroatoms. The first-order valence-corrected chi connectivity index (χ1v) is 11.1. The number of hydrogen-bond acceptors (Lipinski definition) is 7. The van der Waals surface area contributed by atoms with Crippen molar-refractivity contribution in [3.63, 3.8) is 0 Å². The van der Waals surface area contributed by atoms with Gasteiger partial charge in [0.15, 0.2) is 0 Å². The molecule has 0 aliphatic carbocycles. The number of hydrogen-bond donors (Lipinski definition) is 0. The molecule has 5 rings (SSSR count). The lowest BCUT2D eigenvalue weighted by Gasteiger charge is -2.19. The number of methoxy groups -OCH3 is 1. The molecule has 0 radical (unpaired) electrons. The quantitative estimate of drug-likeness (QED) is 0.325. The summed E-state index contributed by atoms with van der Waals surface area (Å²) in [5, 5.41) is 9.41. The average Bonchev–Trinajstić information content (AvgIpc) is 3.49. The number of pyridine rings is 1. The van der Waals surface area contributed by atoms with Gasteiger partial charge in [0.1, 0.15) is 22.5 Å². The van der Waals surface area contributed by atoms with E-state index in [2.05, 4.69) is 10.2 Å². The highest BCUT2D eigenvalue weighted by Gasteiger charge is 2.21. The lowest BCUT2D eigenvalue weighted by atomic mass is 10.0. The Kier molecular flexibility index (Phi) is 5.51. The van der Waals surface area contributed by atoms with Crippen molar-refractivity contribution in [1.29, 1.82) is 0 Å². The number of fused-ring (bicyclic) bond motifs is 3. The summed E-state index contributed by atoms with van der Waals surface area (Å²) in [6.45, 7) is 5.36. The van der Waals surface area contributed by atoms with Gasteiger partial charge < -0.3 is 9.47 Å². The second-order valence-electron chi connectivity index (χ2n) is 9.13. The van der Waals surface area contributed by atoms with E-state index in [0.717, 1.165) is 0 Å². The molecule has 3 aromatic heterocycles. The fourth-order valence-electron chi connectivity index (χ4n) is 3.81. The minimum absolute atomic E-state index is 0.236. The molecule has 0 amide bonds. The Morgan fingerprint density at radius 1 is 1.00 bits per heavy atom. The summed E-state index contributed by atoms with van der Waals surface area (Å²) < 4.78 is 25.5. The van der Waals surface area contributed by atoms with Crippen LogP contribution in [0.3, 0.4) is 0 Å². The van der Waals surface area contributed by atoms with Gasteiger partial charge in [0.25, 0.3) is 0 Å². The highest BCUT2D eigenvalue weighted by Crippen LogP contribution is 2.30. The van der Waals surface area contributed by atoms with Crippen LogP contribution in [0.4, 0.5) is 9.18 Å². The Morgan fingerprint density at radius 3 is 2.50 bits per heavy atom. The first-order valence-electron chi connectivity index (χ1n) is 11.1. The number of benzene rings is 2. The van der Waals surface area contributed by atoms with E-state index in [1.807, 2.05) is 0 Å². The number of halogens is 1. The standard InChI is InChI=1S/C26H22FN5O4/c1-26(2,3)36-25(34)31-11-10-15(14-31)21-13-18(24(33)35-4)22-19(28-21)8-9-20-23(22)30-32(29-20)17-7-5-6-16(27)12-17/h5-14H,1-4H3. The predicted octanol–water partition coefficient (Wildman–Crippen LogP) is 5.15. The zero-order valence-corrected chi connectivity index (χ0v) is 20.0. The second-order valence-corrected chi connectivity index (χ2v) is 9.13. The number of esters is 1. The Bertz CT molecular complexity index is 1650. The second kappa shape index (κ2) is 8.56. The van der Waals surface area contributed by atoms with Crippen molar-refractivity contribution in [2.45, 2.75) is 26.4 Å². The maximum Gasteiger partial charge on any atom is 0.418 e. The summed E-state index contributed by atoms with van der Waals surface area (Å²) in [5.41, 5.74) is 2.50. The molecule has 0 aliphatic rings. The highest BCUT2D eigenvalue weighted by atomic mass is 19.1. The molecule has 0 N–H and O–H groups in total. The van der Waals surface area contributed by atoms with E-state index in [9.17, 15) is 14.0 Å². The molecule has 0 fully saturated rings. The van der Waals surface area contributed by atoms with Crippen molar-refractivity contribution in [1.82, 2.24) is 24.5 Å². The van der Waals surface area contributed by atoms with Crippen molar-refractivity contribution in [3.05, 3.63) is 72.3 Å². The Balaban J connectivity index is 1.65. The Morgan fingerprint density at radius 2 is 1.78 bits per heavy atom. The molecule has 0 bridgehead atoms. The lowest BCUT2D eigenvalue weighted by Crippen LogP contribution is -2.26.